The van der Waals surface area contributed by atoms with Crippen LogP contribution in [0.2, 0.25) is 0 Å². The molecule has 1 aliphatic rings. The third kappa shape index (κ3) is 4.15. The number of carbonyl (C=O) groups is 1. The van der Waals surface area contributed by atoms with Gasteiger partial charge in [-0.2, -0.15) is 0 Å². The molecule has 5 heteroatoms. The lowest BCUT2D eigenvalue weighted by Crippen LogP contribution is -2.38. The fourth-order valence-electron chi connectivity index (χ4n) is 3.85. The minimum absolute atomic E-state index is 0.0372. The molecule has 0 saturated carbocycles. The third-order valence-corrected chi connectivity index (χ3v) is 5.38. The average molecular weight is 402 g/mol. The fraction of sp³-hybridized carbons (Fsp3) is 0.280. The smallest absolute Gasteiger partial charge is 0.254 e. The number of hydrogen-bond acceptors (Lipinski definition) is 4. The van der Waals surface area contributed by atoms with E-state index in [2.05, 4.69) is 12.1 Å². The predicted octanol–water partition coefficient (Wildman–Crippen LogP) is 4.89. The Kier molecular flexibility index (Phi) is 5.98. The minimum Gasteiger partial charge on any atom is -0.497 e. The highest BCUT2D eigenvalue weighted by molar-refractivity contribution is 6.07. The molecular weight excluding hydrogens is 376 g/mol. The molecule has 0 N–H and O–H groups in total. The van der Waals surface area contributed by atoms with Crippen molar-refractivity contribution < 1.29 is 14.4 Å². The van der Waals surface area contributed by atoms with Gasteiger partial charge < -0.3 is 14.5 Å². The van der Waals surface area contributed by atoms with E-state index in [4.69, 9.17) is 9.57 Å². The fourth-order valence-corrected chi connectivity index (χ4v) is 3.85. The van der Waals surface area contributed by atoms with Crippen LogP contribution in [0.3, 0.4) is 0 Å². The summed E-state index contributed by atoms with van der Waals surface area (Å²) in [5.74, 6) is 0.847. The van der Waals surface area contributed by atoms with Crippen LogP contribution in [-0.4, -0.2) is 42.8 Å². The molecule has 4 rings (SSSR count). The first kappa shape index (κ1) is 20.0. The molecule has 30 heavy (non-hydrogen) atoms. The van der Waals surface area contributed by atoms with Crippen molar-refractivity contribution in [2.45, 2.75) is 25.9 Å². The number of ether oxygens (including phenoxy) is 1. The van der Waals surface area contributed by atoms with Gasteiger partial charge in [0.05, 0.1) is 19.4 Å². The zero-order chi connectivity index (χ0) is 20.9. The van der Waals surface area contributed by atoms with Crippen LogP contribution in [0.5, 0.6) is 5.75 Å². The summed E-state index contributed by atoms with van der Waals surface area (Å²) < 4.78 is 5.22. The highest BCUT2D eigenvalue weighted by Gasteiger charge is 2.27. The van der Waals surface area contributed by atoms with Gasteiger partial charge >= 0.3 is 0 Å². The van der Waals surface area contributed by atoms with E-state index in [0.29, 0.717) is 19.5 Å². The maximum Gasteiger partial charge on any atom is 0.254 e. The van der Waals surface area contributed by atoms with Crippen LogP contribution in [0.4, 0.5) is 0 Å². The van der Waals surface area contributed by atoms with Crippen molar-refractivity contribution in [2.24, 2.45) is 5.16 Å². The first-order chi connectivity index (χ1) is 14.7. The molecule has 5 nitrogen and oxygen atoms in total. The lowest BCUT2D eigenvalue weighted by Gasteiger charge is -2.25. The third-order valence-electron chi connectivity index (χ3n) is 5.38. The van der Waals surface area contributed by atoms with E-state index in [-0.39, 0.29) is 12.0 Å². The minimum atomic E-state index is -0.146. The molecule has 0 saturated heterocycles. The number of fused-ring (bicyclic) bond motifs is 1. The first-order valence-electron chi connectivity index (χ1n) is 10.3. The monoisotopic (exact) mass is 402 g/mol. The first-order valence-corrected chi connectivity index (χ1v) is 10.3. The van der Waals surface area contributed by atoms with Crippen molar-refractivity contribution in [2.75, 3.05) is 20.2 Å². The summed E-state index contributed by atoms with van der Waals surface area (Å²) in [7, 11) is 1.65. The average Bonchev–Trinajstić information content (AvgIpc) is 3.26. The Bertz CT molecular complexity index is 1050. The Balaban J connectivity index is 1.48. The normalized spacial score (nSPS) is 15.5. The van der Waals surface area contributed by atoms with E-state index in [1.807, 2.05) is 71.6 Å². The zero-order valence-corrected chi connectivity index (χ0v) is 17.4. The molecule has 0 bridgehead atoms. The van der Waals surface area contributed by atoms with Gasteiger partial charge in [0, 0.05) is 18.5 Å². The molecule has 0 fully saturated rings. The van der Waals surface area contributed by atoms with Gasteiger partial charge in [-0.05, 0) is 53.1 Å². The molecule has 154 valence electrons. The van der Waals surface area contributed by atoms with Gasteiger partial charge in [0.1, 0.15) is 5.75 Å². The highest BCUT2D eigenvalue weighted by Crippen LogP contribution is 2.23. The Labute approximate surface area is 176 Å². The van der Waals surface area contributed by atoms with Crippen molar-refractivity contribution >= 4 is 22.4 Å². The molecule has 0 unspecified atom stereocenters. The van der Waals surface area contributed by atoms with Crippen LogP contribution in [-0.2, 0) is 4.84 Å². The van der Waals surface area contributed by atoms with Crippen LogP contribution in [0.25, 0.3) is 10.8 Å². The Morgan fingerprint density at radius 2 is 1.87 bits per heavy atom. The summed E-state index contributed by atoms with van der Waals surface area (Å²) >= 11 is 0. The summed E-state index contributed by atoms with van der Waals surface area (Å²) in [6.45, 7) is 3.27. The Morgan fingerprint density at radius 1 is 1.10 bits per heavy atom. The number of oxime groups is 1. The van der Waals surface area contributed by atoms with Gasteiger partial charge in [0.25, 0.3) is 5.91 Å². The van der Waals surface area contributed by atoms with Gasteiger partial charge in [-0.25, -0.2) is 0 Å². The molecule has 0 spiro atoms. The summed E-state index contributed by atoms with van der Waals surface area (Å²) in [6, 6.07) is 21.7. The maximum atomic E-state index is 13.4. The molecule has 0 aromatic heterocycles. The SMILES string of the molecule is CCCN(C[C@H]1CC(c2ccc(OC)cc2)=NO1)C(=O)c1cccc2ccccc12. The number of benzene rings is 3. The maximum absolute atomic E-state index is 13.4. The summed E-state index contributed by atoms with van der Waals surface area (Å²) in [4.78, 5) is 21.0. The lowest BCUT2D eigenvalue weighted by atomic mass is 10.0. The van der Waals surface area contributed by atoms with Crippen molar-refractivity contribution in [1.82, 2.24) is 4.90 Å². The van der Waals surface area contributed by atoms with Crippen LogP contribution in [0.15, 0.2) is 71.9 Å². The molecule has 3 aromatic rings. The van der Waals surface area contributed by atoms with Crippen LogP contribution < -0.4 is 4.74 Å². The number of amides is 1. The van der Waals surface area contributed by atoms with Crippen LogP contribution >= 0.6 is 0 Å². The van der Waals surface area contributed by atoms with E-state index < -0.39 is 0 Å². The topological polar surface area (TPSA) is 51.1 Å². The number of nitrogens with zero attached hydrogens (tertiary/aromatic N) is 2. The van der Waals surface area contributed by atoms with Gasteiger partial charge in [0.2, 0.25) is 0 Å². The molecule has 0 radical (unpaired) electrons. The number of hydrogen-bond donors (Lipinski definition) is 0. The van der Waals surface area contributed by atoms with E-state index in [9.17, 15) is 4.79 Å². The quantitative estimate of drug-likeness (QED) is 0.565. The van der Waals surface area contributed by atoms with E-state index >= 15 is 0 Å². The van der Waals surface area contributed by atoms with Gasteiger partial charge in [0.15, 0.2) is 6.10 Å². The van der Waals surface area contributed by atoms with Gasteiger partial charge in [-0.3, -0.25) is 4.79 Å². The molecule has 3 aromatic carbocycles. The largest absolute Gasteiger partial charge is 0.497 e. The van der Waals surface area contributed by atoms with Crippen molar-refractivity contribution in [3.63, 3.8) is 0 Å². The van der Waals surface area contributed by atoms with Gasteiger partial charge in [-0.15, -0.1) is 0 Å². The molecule has 1 atom stereocenters. The highest BCUT2D eigenvalue weighted by atomic mass is 16.6. The predicted molar refractivity (Wildman–Crippen MR) is 119 cm³/mol. The molecular formula is C25H26N2O3. The second-order valence-electron chi connectivity index (χ2n) is 7.48. The van der Waals surface area contributed by atoms with Crippen LogP contribution in [0.1, 0.15) is 35.7 Å². The van der Waals surface area contributed by atoms with Gasteiger partial charge in [-0.1, -0.05) is 48.5 Å². The van der Waals surface area contributed by atoms with E-state index in [1.165, 1.54) is 0 Å². The molecule has 0 aliphatic carbocycles. The standard InChI is InChI=1S/C25H26N2O3/c1-3-15-27(25(28)23-10-6-8-18-7-4-5-9-22(18)23)17-21-16-24(26-30-21)19-11-13-20(29-2)14-12-19/h4-14,21H,3,15-17H2,1-2H3/t21-/m1/s1. The van der Waals surface area contributed by atoms with Crippen molar-refractivity contribution in [1.29, 1.82) is 0 Å². The van der Waals surface area contributed by atoms with Crippen LogP contribution in [0, 0.1) is 0 Å². The van der Waals surface area contributed by atoms with E-state index in [0.717, 1.165) is 39.8 Å². The summed E-state index contributed by atoms with van der Waals surface area (Å²) in [5.41, 5.74) is 2.65. The Hall–Kier alpha value is -3.34. The lowest BCUT2D eigenvalue weighted by molar-refractivity contribution is 0.0425. The molecule has 1 aliphatic heterocycles. The zero-order valence-electron chi connectivity index (χ0n) is 17.4. The second kappa shape index (κ2) is 8.99. The number of methoxy groups -OCH3 is 1. The second-order valence-corrected chi connectivity index (χ2v) is 7.48. The number of carbonyl (C=O) groups excluding carboxylic acids is 1. The Morgan fingerprint density at radius 3 is 2.63 bits per heavy atom. The number of rotatable bonds is 7. The molecule has 1 heterocycles. The van der Waals surface area contributed by atoms with Crippen molar-refractivity contribution in [3.8, 4) is 5.75 Å². The molecule has 1 amide bonds. The summed E-state index contributed by atoms with van der Waals surface area (Å²) in [6.07, 6.45) is 1.41. The van der Waals surface area contributed by atoms with Crippen molar-refractivity contribution in [3.05, 3.63) is 77.9 Å². The van der Waals surface area contributed by atoms with E-state index in [1.54, 1.807) is 7.11 Å². The summed E-state index contributed by atoms with van der Waals surface area (Å²) in [5, 5.41) is 6.33.